The van der Waals surface area contributed by atoms with Crippen LogP contribution in [-0.2, 0) is 6.54 Å². The Labute approximate surface area is 143 Å². The van der Waals surface area contributed by atoms with E-state index < -0.39 is 0 Å². The van der Waals surface area contributed by atoms with Gasteiger partial charge in [-0.05, 0) is 31.0 Å². The van der Waals surface area contributed by atoms with E-state index in [0.29, 0.717) is 24.6 Å². The van der Waals surface area contributed by atoms with Crippen LogP contribution in [0.2, 0.25) is 0 Å². The van der Waals surface area contributed by atoms with Gasteiger partial charge in [0, 0.05) is 19.6 Å². The van der Waals surface area contributed by atoms with Gasteiger partial charge < -0.3 is 24.8 Å². The lowest BCUT2D eigenvalue weighted by atomic mass is 10.2. The number of likely N-dealkylation sites (tertiary alicyclic amines) is 1. The molecule has 1 aliphatic rings. The van der Waals surface area contributed by atoms with Gasteiger partial charge in [0.1, 0.15) is 6.61 Å². The van der Waals surface area contributed by atoms with Crippen LogP contribution in [0, 0.1) is 12.3 Å². The Kier molecular flexibility index (Phi) is 6.76. The summed E-state index contributed by atoms with van der Waals surface area (Å²) in [6, 6.07) is 5.69. The maximum Gasteiger partial charge on any atom is 0.194 e. The molecular formula is C18H25N3O3. The number of nitrogens with one attached hydrogen (secondary N) is 1. The van der Waals surface area contributed by atoms with Crippen molar-refractivity contribution in [2.24, 2.45) is 4.99 Å². The standard InChI is InChI=1S/C18H25N3O3/c1-4-10-24-17-11-14(6-7-16(17)23-3)12-20-18(19-5-2)21-9-8-15(22)13-21/h1,6-7,11,15,22H,5,8-10,12-13H2,2-3H3,(H,19,20)/t15-/m1/s1. The third-order valence-corrected chi connectivity index (χ3v) is 3.75. The van der Waals surface area contributed by atoms with E-state index in [1.165, 1.54) is 0 Å². The van der Waals surface area contributed by atoms with Gasteiger partial charge in [-0.2, -0.15) is 0 Å². The number of aliphatic hydroxyl groups excluding tert-OH is 1. The third-order valence-electron chi connectivity index (χ3n) is 3.75. The Morgan fingerprint density at radius 3 is 2.96 bits per heavy atom. The molecule has 1 atom stereocenters. The number of β-amino-alcohol motifs (C(OH)–C–C–N with tert-alkyl or cyclic N) is 1. The minimum absolute atomic E-state index is 0.192. The number of methoxy groups -OCH3 is 1. The van der Waals surface area contributed by atoms with Crippen LogP contribution in [0.15, 0.2) is 23.2 Å². The molecule has 1 fully saturated rings. The van der Waals surface area contributed by atoms with Gasteiger partial charge in [-0.25, -0.2) is 4.99 Å². The van der Waals surface area contributed by atoms with Crippen molar-refractivity contribution in [3.05, 3.63) is 23.8 Å². The molecule has 1 aromatic rings. The van der Waals surface area contributed by atoms with Gasteiger partial charge in [-0.1, -0.05) is 12.0 Å². The van der Waals surface area contributed by atoms with Gasteiger partial charge in [0.15, 0.2) is 17.5 Å². The molecule has 0 aromatic heterocycles. The fourth-order valence-corrected chi connectivity index (χ4v) is 2.58. The van der Waals surface area contributed by atoms with Crippen LogP contribution in [0.5, 0.6) is 11.5 Å². The molecule has 2 N–H and O–H groups in total. The van der Waals surface area contributed by atoms with Crippen molar-refractivity contribution in [2.75, 3.05) is 33.4 Å². The van der Waals surface area contributed by atoms with Crippen LogP contribution in [0.1, 0.15) is 18.9 Å². The van der Waals surface area contributed by atoms with Crippen LogP contribution in [0.4, 0.5) is 0 Å². The first-order valence-electron chi connectivity index (χ1n) is 8.12. The van der Waals surface area contributed by atoms with Gasteiger partial charge in [-0.3, -0.25) is 0 Å². The monoisotopic (exact) mass is 331 g/mol. The molecule has 1 aliphatic heterocycles. The summed E-state index contributed by atoms with van der Waals surface area (Å²) in [6.45, 7) is 4.94. The van der Waals surface area contributed by atoms with Crippen LogP contribution >= 0.6 is 0 Å². The summed E-state index contributed by atoms with van der Waals surface area (Å²) in [5.74, 6) is 4.53. The van der Waals surface area contributed by atoms with E-state index >= 15 is 0 Å². The fraction of sp³-hybridized carbons (Fsp3) is 0.500. The molecule has 6 nitrogen and oxygen atoms in total. The SMILES string of the molecule is C#CCOc1cc(CN=C(NCC)N2CC[C@@H](O)C2)ccc1OC. The zero-order valence-corrected chi connectivity index (χ0v) is 14.3. The first-order chi connectivity index (χ1) is 11.7. The lowest BCUT2D eigenvalue weighted by Crippen LogP contribution is -2.40. The average Bonchev–Trinajstić information content (AvgIpc) is 3.03. The number of nitrogens with zero attached hydrogens (tertiary/aromatic N) is 2. The molecule has 1 aromatic carbocycles. The van der Waals surface area contributed by atoms with Gasteiger partial charge >= 0.3 is 0 Å². The summed E-state index contributed by atoms with van der Waals surface area (Å²) < 4.78 is 10.8. The Morgan fingerprint density at radius 2 is 2.33 bits per heavy atom. The number of terminal acetylenes is 1. The van der Waals surface area contributed by atoms with Crippen molar-refractivity contribution in [3.63, 3.8) is 0 Å². The summed E-state index contributed by atoms with van der Waals surface area (Å²) in [6.07, 6.45) is 5.74. The molecule has 0 spiro atoms. The lowest BCUT2D eigenvalue weighted by Gasteiger charge is -2.21. The van der Waals surface area contributed by atoms with Crippen molar-refractivity contribution in [3.8, 4) is 23.8 Å². The van der Waals surface area contributed by atoms with Gasteiger partial charge in [0.05, 0.1) is 19.8 Å². The normalized spacial score (nSPS) is 17.5. The van der Waals surface area contributed by atoms with Crippen molar-refractivity contribution in [1.29, 1.82) is 0 Å². The summed E-state index contributed by atoms with van der Waals surface area (Å²) in [4.78, 5) is 6.74. The van der Waals surface area contributed by atoms with E-state index in [-0.39, 0.29) is 12.7 Å². The minimum Gasteiger partial charge on any atom is -0.493 e. The summed E-state index contributed by atoms with van der Waals surface area (Å²) in [5.41, 5.74) is 0.998. The Morgan fingerprint density at radius 1 is 1.50 bits per heavy atom. The van der Waals surface area contributed by atoms with Gasteiger partial charge in [0.25, 0.3) is 0 Å². The van der Waals surface area contributed by atoms with Crippen molar-refractivity contribution < 1.29 is 14.6 Å². The Hall–Kier alpha value is -2.39. The molecule has 1 heterocycles. The second kappa shape index (κ2) is 9.04. The van der Waals surface area contributed by atoms with Crippen LogP contribution in [-0.4, -0.2) is 55.4 Å². The quantitative estimate of drug-likeness (QED) is 0.466. The highest BCUT2D eigenvalue weighted by Crippen LogP contribution is 2.28. The highest BCUT2D eigenvalue weighted by molar-refractivity contribution is 5.80. The van der Waals surface area contributed by atoms with E-state index in [0.717, 1.165) is 31.0 Å². The molecule has 0 unspecified atom stereocenters. The lowest BCUT2D eigenvalue weighted by molar-refractivity contribution is 0.188. The first-order valence-corrected chi connectivity index (χ1v) is 8.12. The molecule has 6 heteroatoms. The highest BCUT2D eigenvalue weighted by atomic mass is 16.5. The molecule has 130 valence electrons. The Bertz CT molecular complexity index is 610. The number of rotatable bonds is 6. The van der Waals surface area contributed by atoms with Crippen molar-refractivity contribution >= 4 is 5.96 Å². The fourth-order valence-electron chi connectivity index (χ4n) is 2.58. The number of aliphatic hydroxyl groups is 1. The summed E-state index contributed by atoms with van der Waals surface area (Å²) in [7, 11) is 1.60. The molecule has 24 heavy (non-hydrogen) atoms. The Balaban J connectivity index is 2.11. The zero-order valence-electron chi connectivity index (χ0n) is 14.3. The summed E-state index contributed by atoms with van der Waals surface area (Å²) >= 11 is 0. The number of hydrogen-bond acceptors (Lipinski definition) is 4. The van der Waals surface area contributed by atoms with E-state index in [1.54, 1.807) is 7.11 Å². The smallest absolute Gasteiger partial charge is 0.194 e. The second-order valence-electron chi connectivity index (χ2n) is 5.54. The zero-order chi connectivity index (χ0) is 17.4. The molecule has 0 aliphatic carbocycles. The number of aliphatic imine (C=N–C) groups is 1. The van der Waals surface area contributed by atoms with Crippen LogP contribution in [0.25, 0.3) is 0 Å². The molecule has 0 saturated carbocycles. The molecule has 1 saturated heterocycles. The molecule has 0 radical (unpaired) electrons. The maximum atomic E-state index is 9.71. The summed E-state index contributed by atoms with van der Waals surface area (Å²) in [5, 5.41) is 13.0. The molecule has 2 rings (SSSR count). The third kappa shape index (κ3) is 4.80. The average molecular weight is 331 g/mol. The topological polar surface area (TPSA) is 66.3 Å². The second-order valence-corrected chi connectivity index (χ2v) is 5.54. The van der Waals surface area contributed by atoms with Crippen molar-refractivity contribution in [2.45, 2.75) is 26.0 Å². The minimum atomic E-state index is -0.279. The van der Waals surface area contributed by atoms with E-state index in [2.05, 4.69) is 21.1 Å². The largest absolute Gasteiger partial charge is 0.493 e. The number of guanidine groups is 1. The van der Waals surface area contributed by atoms with E-state index in [4.69, 9.17) is 15.9 Å². The van der Waals surface area contributed by atoms with Crippen LogP contribution < -0.4 is 14.8 Å². The predicted molar refractivity (Wildman–Crippen MR) is 94.3 cm³/mol. The van der Waals surface area contributed by atoms with Gasteiger partial charge in [0.2, 0.25) is 0 Å². The number of ether oxygens (including phenoxy) is 2. The van der Waals surface area contributed by atoms with Gasteiger partial charge in [-0.15, -0.1) is 6.42 Å². The molecule has 0 bridgehead atoms. The van der Waals surface area contributed by atoms with Crippen molar-refractivity contribution in [1.82, 2.24) is 10.2 Å². The number of hydrogen-bond donors (Lipinski definition) is 2. The van der Waals surface area contributed by atoms with E-state index in [1.807, 2.05) is 25.1 Å². The highest BCUT2D eigenvalue weighted by Gasteiger charge is 2.22. The maximum absolute atomic E-state index is 9.71. The van der Waals surface area contributed by atoms with Crippen LogP contribution in [0.3, 0.4) is 0 Å². The van der Waals surface area contributed by atoms with E-state index in [9.17, 15) is 5.11 Å². The number of benzene rings is 1. The predicted octanol–water partition coefficient (Wildman–Crippen LogP) is 1.24. The molecular weight excluding hydrogens is 306 g/mol. The first kappa shape index (κ1) is 18.0. The molecule has 0 amide bonds.